The Bertz CT molecular complexity index is 191. The van der Waals surface area contributed by atoms with Gasteiger partial charge >= 0.3 is 0 Å². The number of hydrogen-bond donors (Lipinski definition) is 1. The molecular formula is C8H9O2. The summed E-state index contributed by atoms with van der Waals surface area (Å²) >= 11 is 0. The van der Waals surface area contributed by atoms with Gasteiger partial charge < -0.3 is 9.84 Å². The van der Waals surface area contributed by atoms with Crippen molar-refractivity contribution in [3.63, 3.8) is 0 Å². The SMILES string of the molecule is CO[CH]c1ccc(O)cc1. The summed E-state index contributed by atoms with van der Waals surface area (Å²) in [4.78, 5) is 0. The van der Waals surface area contributed by atoms with Gasteiger partial charge in [-0.1, -0.05) is 12.1 Å². The van der Waals surface area contributed by atoms with Crippen molar-refractivity contribution < 1.29 is 9.84 Å². The van der Waals surface area contributed by atoms with Gasteiger partial charge in [0.05, 0.1) is 0 Å². The molecule has 1 N–H and O–H groups in total. The summed E-state index contributed by atoms with van der Waals surface area (Å²) in [6.45, 7) is 1.61. The van der Waals surface area contributed by atoms with E-state index in [2.05, 4.69) is 0 Å². The first-order valence-electron chi connectivity index (χ1n) is 2.98. The molecule has 0 aromatic heterocycles. The normalized spacial score (nSPS) is 9.70. The van der Waals surface area contributed by atoms with Crippen LogP contribution in [0.3, 0.4) is 0 Å². The summed E-state index contributed by atoms with van der Waals surface area (Å²) in [5, 5.41) is 8.87. The monoisotopic (exact) mass is 137 g/mol. The maximum absolute atomic E-state index is 8.87. The number of rotatable bonds is 2. The van der Waals surface area contributed by atoms with Crippen molar-refractivity contribution in [3.05, 3.63) is 36.4 Å². The molecule has 2 heteroatoms. The lowest BCUT2D eigenvalue weighted by molar-refractivity contribution is 0.292. The van der Waals surface area contributed by atoms with Crippen LogP contribution < -0.4 is 0 Å². The maximum atomic E-state index is 8.87. The molecule has 1 rings (SSSR count). The van der Waals surface area contributed by atoms with E-state index in [-0.39, 0.29) is 5.75 Å². The fourth-order valence-corrected chi connectivity index (χ4v) is 0.689. The number of methoxy groups -OCH3 is 1. The molecule has 0 saturated carbocycles. The number of aromatic hydroxyl groups is 1. The highest BCUT2D eigenvalue weighted by atomic mass is 16.5. The maximum Gasteiger partial charge on any atom is 0.115 e. The van der Waals surface area contributed by atoms with Crippen LogP contribution in [0.4, 0.5) is 0 Å². The number of benzene rings is 1. The molecule has 0 aliphatic heterocycles. The number of phenols is 1. The molecule has 0 amide bonds. The van der Waals surface area contributed by atoms with Crippen molar-refractivity contribution in [2.75, 3.05) is 7.11 Å². The molecule has 1 aromatic carbocycles. The van der Waals surface area contributed by atoms with Gasteiger partial charge in [-0.15, -0.1) is 0 Å². The molecule has 1 radical (unpaired) electrons. The summed E-state index contributed by atoms with van der Waals surface area (Å²) in [5.74, 6) is 0.272. The lowest BCUT2D eigenvalue weighted by Crippen LogP contribution is -1.81. The van der Waals surface area contributed by atoms with Gasteiger partial charge in [-0.05, 0) is 17.7 Å². The van der Waals surface area contributed by atoms with Crippen molar-refractivity contribution in [1.29, 1.82) is 0 Å². The minimum Gasteiger partial charge on any atom is -0.508 e. The van der Waals surface area contributed by atoms with Crippen LogP contribution in [0.25, 0.3) is 0 Å². The molecular weight excluding hydrogens is 128 g/mol. The molecule has 0 saturated heterocycles. The van der Waals surface area contributed by atoms with Crippen LogP contribution in [0.2, 0.25) is 0 Å². The molecule has 0 atom stereocenters. The topological polar surface area (TPSA) is 29.5 Å². The van der Waals surface area contributed by atoms with E-state index in [1.807, 2.05) is 0 Å². The van der Waals surface area contributed by atoms with Crippen LogP contribution in [0.1, 0.15) is 5.56 Å². The first-order chi connectivity index (χ1) is 4.83. The molecule has 2 nitrogen and oxygen atoms in total. The van der Waals surface area contributed by atoms with E-state index in [0.29, 0.717) is 0 Å². The standard InChI is InChI=1S/C8H9O2/c1-10-6-7-2-4-8(9)5-3-7/h2-6,9H,1H3. The minimum absolute atomic E-state index is 0.272. The third-order valence-electron chi connectivity index (χ3n) is 1.15. The van der Waals surface area contributed by atoms with E-state index >= 15 is 0 Å². The summed E-state index contributed by atoms with van der Waals surface area (Å²) in [6, 6.07) is 6.79. The predicted octanol–water partition coefficient (Wildman–Crippen LogP) is 1.55. The zero-order valence-corrected chi connectivity index (χ0v) is 5.74. The summed E-state index contributed by atoms with van der Waals surface area (Å²) in [7, 11) is 1.59. The number of ether oxygens (including phenoxy) is 1. The Morgan fingerprint density at radius 1 is 1.30 bits per heavy atom. The Labute approximate surface area is 60.1 Å². The van der Waals surface area contributed by atoms with Gasteiger partial charge in [0, 0.05) is 7.11 Å². The lowest BCUT2D eigenvalue weighted by atomic mass is 10.2. The molecule has 1 aromatic rings. The average Bonchev–Trinajstić information content (AvgIpc) is 1.95. The Hall–Kier alpha value is -1.02. The van der Waals surface area contributed by atoms with Crippen LogP contribution in [0.5, 0.6) is 5.75 Å². The molecule has 0 fully saturated rings. The van der Waals surface area contributed by atoms with Crippen LogP contribution in [0.15, 0.2) is 24.3 Å². The van der Waals surface area contributed by atoms with Crippen LogP contribution >= 0.6 is 0 Å². The quantitative estimate of drug-likeness (QED) is 0.670. The van der Waals surface area contributed by atoms with Gasteiger partial charge in [0.2, 0.25) is 0 Å². The Balaban J connectivity index is 2.69. The number of hydrogen-bond acceptors (Lipinski definition) is 2. The second kappa shape index (κ2) is 3.22. The highest BCUT2D eigenvalue weighted by Crippen LogP contribution is 2.10. The summed E-state index contributed by atoms with van der Waals surface area (Å²) in [6.07, 6.45) is 0. The zero-order chi connectivity index (χ0) is 7.40. The van der Waals surface area contributed by atoms with E-state index in [1.165, 1.54) is 0 Å². The molecule has 0 spiro atoms. The smallest absolute Gasteiger partial charge is 0.115 e. The summed E-state index contributed by atoms with van der Waals surface area (Å²) < 4.78 is 4.76. The number of phenolic OH excluding ortho intramolecular Hbond substituents is 1. The third kappa shape index (κ3) is 1.74. The fraction of sp³-hybridized carbons (Fsp3) is 0.125. The third-order valence-corrected chi connectivity index (χ3v) is 1.15. The predicted molar refractivity (Wildman–Crippen MR) is 38.5 cm³/mol. The molecule has 0 bridgehead atoms. The van der Waals surface area contributed by atoms with Gasteiger partial charge in [-0.3, -0.25) is 0 Å². The largest absolute Gasteiger partial charge is 0.508 e. The van der Waals surface area contributed by atoms with Gasteiger partial charge in [0.25, 0.3) is 0 Å². The van der Waals surface area contributed by atoms with E-state index in [0.717, 1.165) is 5.56 Å². The van der Waals surface area contributed by atoms with E-state index in [1.54, 1.807) is 38.0 Å². The van der Waals surface area contributed by atoms with E-state index in [9.17, 15) is 0 Å². The molecule has 0 aliphatic rings. The van der Waals surface area contributed by atoms with Crippen LogP contribution in [-0.2, 0) is 4.74 Å². The van der Waals surface area contributed by atoms with Crippen molar-refractivity contribution in [2.45, 2.75) is 0 Å². The van der Waals surface area contributed by atoms with Gasteiger partial charge in [0.1, 0.15) is 12.4 Å². The van der Waals surface area contributed by atoms with E-state index in [4.69, 9.17) is 9.84 Å². The van der Waals surface area contributed by atoms with Crippen LogP contribution in [-0.4, -0.2) is 12.2 Å². The lowest BCUT2D eigenvalue weighted by Gasteiger charge is -1.96. The van der Waals surface area contributed by atoms with Crippen molar-refractivity contribution >= 4 is 0 Å². The minimum atomic E-state index is 0.272. The highest BCUT2D eigenvalue weighted by molar-refractivity contribution is 5.28. The Morgan fingerprint density at radius 3 is 2.40 bits per heavy atom. The van der Waals surface area contributed by atoms with Gasteiger partial charge in [0.15, 0.2) is 0 Å². The molecule has 10 heavy (non-hydrogen) atoms. The van der Waals surface area contributed by atoms with E-state index < -0.39 is 0 Å². The first-order valence-corrected chi connectivity index (χ1v) is 2.98. The average molecular weight is 137 g/mol. The molecule has 53 valence electrons. The zero-order valence-electron chi connectivity index (χ0n) is 5.74. The fourth-order valence-electron chi connectivity index (χ4n) is 0.689. The molecule has 0 aliphatic carbocycles. The van der Waals surface area contributed by atoms with Gasteiger partial charge in [-0.2, -0.15) is 0 Å². The van der Waals surface area contributed by atoms with Crippen LogP contribution in [0, 0.1) is 6.61 Å². The van der Waals surface area contributed by atoms with Crippen molar-refractivity contribution in [3.8, 4) is 5.75 Å². The first kappa shape index (κ1) is 7.09. The van der Waals surface area contributed by atoms with Gasteiger partial charge in [-0.25, -0.2) is 0 Å². The molecule has 0 unspecified atom stereocenters. The Morgan fingerprint density at radius 2 is 1.90 bits per heavy atom. The molecule has 0 heterocycles. The second-order valence-electron chi connectivity index (χ2n) is 1.95. The highest BCUT2D eigenvalue weighted by Gasteiger charge is 1.90. The second-order valence-corrected chi connectivity index (χ2v) is 1.95. The van der Waals surface area contributed by atoms with Crippen molar-refractivity contribution in [2.24, 2.45) is 0 Å². The Kier molecular flexibility index (Phi) is 2.29. The van der Waals surface area contributed by atoms with Crippen molar-refractivity contribution in [1.82, 2.24) is 0 Å². The summed E-state index contributed by atoms with van der Waals surface area (Å²) in [5.41, 5.74) is 0.945.